The van der Waals surface area contributed by atoms with Gasteiger partial charge in [0.15, 0.2) is 17.5 Å². The topological polar surface area (TPSA) is 59.1 Å². The van der Waals surface area contributed by atoms with Crippen LogP contribution in [0.4, 0.5) is 0 Å². The van der Waals surface area contributed by atoms with Crippen molar-refractivity contribution in [3.8, 4) is 0 Å². The Labute approximate surface area is 95.7 Å². The molecular weight excluding hydrogens is 264 g/mol. The second-order valence-electron chi connectivity index (χ2n) is 3.48. The third kappa shape index (κ3) is 1.30. The molecule has 0 amide bonds. The van der Waals surface area contributed by atoms with Crippen molar-refractivity contribution in [2.45, 2.75) is 24.7 Å². The molecule has 1 N–H and O–H groups in total. The Morgan fingerprint density at radius 3 is 3.00 bits per heavy atom. The molecule has 0 bridgehead atoms. The molecule has 1 heterocycles. The monoisotopic (exact) mass is 274 g/mol. The van der Waals surface area contributed by atoms with Crippen molar-refractivity contribution < 1.29 is 19.4 Å². The molecule has 1 fully saturated rings. The lowest BCUT2D eigenvalue weighted by molar-refractivity contribution is -0.116. The predicted octanol–water partition coefficient (Wildman–Crippen LogP) is 0.897. The Kier molecular flexibility index (Phi) is 2.48. The number of ketones is 1. The number of halogens is 1. The molecule has 4 nitrogen and oxygen atoms in total. The number of fused-ring (bicyclic) bond motifs is 1. The highest BCUT2D eigenvalue weighted by Crippen LogP contribution is 2.52. The molecule has 0 aromatic carbocycles. The minimum Gasteiger partial charge on any atom is -0.498 e. The summed E-state index contributed by atoms with van der Waals surface area (Å²) in [7, 11) is 1.42. The van der Waals surface area contributed by atoms with E-state index in [4.69, 9.17) is 9.47 Å². The molecule has 1 aliphatic heterocycles. The zero-order valence-corrected chi connectivity index (χ0v) is 9.95. The fourth-order valence-electron chi connectivity index (χ4n) is 1.85. The normalized spacial score (nSPS) is 39.6. The molecule has 0 radical (unpaired) electrons. The lowest BCUT2D eigenvalue weighted by Gasteiger charge is -2.23. The third-order valence-electron chi connectivity index (χ3n) is 2.73. The molecule has 82 valence electrons. The molecule has 1 aliphatic carbocycles. The molecule has 2 rings (SSSR count). The van der Waals surface area contributed by atoms with Crippen LogP contribution in [0.15, 0.2) is 22.4 Å². The predicted molar refractivity (Wildman–Crippen MR) is 56.4 cm³/mol. The minimum absolute atomic E-state index is 0.170. The SMILES string of the molecule is C/C=C(\Br)C12OC1C(=O)C=C(OC)C2O. The second kappa shape index (κ2) is 3.43. The summed E-state index contributed by atoms with van der Waals surface area (Å²) in [6.07, 6.45) is 1.53. The number of hydrogen-bond donors (Lipinski definition) is 1. The first kappa shape index (κ1) is 10.9. The number of aliphatic hydroxyl groups is 1. The van der Waals surface area contributed by atoms with E-state index in [-0.39, 0.29) is 11.5 Å². The largest absolute Gasteiger partial charge is 0.498 e. The van der Waals surface area contributed by atoms with Crippen molar-refractivity contribution in [2.24, 2.45) is 0 Å². The van der Waals surface area contributed by atoms with E-state index < -0.39 is 17.8 Å². The van der Waals surface area contributed by atoms with Crippen molar-refractivity contribution in [3.05, 3.63) is 22.4 Å². The van der Waals surface area contributed by atoms with Crippen LogP contribution in [0.1, 0.15) is 6.92 Å². The summed E-state index contributed by atoms with van der Waals surface area (Å²) in [6, 6.07) is 0. The number of epoxide rings is 1. The number of hydrogen-bond acceptors (Lipinski definition) is 4. The highest BCUT2D eigenvalue weighted by molar-refractivity contribution is 9.11. The second-order valence-corrected chi connectivity index (χ2v) is 4.34. The van der Waals surface area contributed by atoms with Crippen LogP contribution in [0.3, 0.4) is 0 Å². The van der Waals surface area contributed by atoms with Gasteiger partial charge in [0.1, 0.15) is 11.9 Å². The van der Waals surface area contributed by atoms with E-state index in [1.165, 1.54) is 13.2 Å². The van der Waals surface area contributed by atoms with Gasteiger partial charge in [-0.2, -0.15) is 0 Å². The van der Waals surface area contributed by atoms with Gasteiger partial charge in [-0.05, 0) is 6.92 Å². The van der Waals surface area contributed by atoms with Gasteiger partial charge < -0.3 is 14.6 Å². The fourth-order valence-corrected chi connectivity index (χ4v) is 2.37. The molecule has 0 saturated carbocycles. The Morgan fingerprint density at radius 1 is 1.80 bits per heavy atom. The van der Waals surface area contributed by atoms with Crippen LogP contribution in [0.2, 0.25) is 0 Å². The summed E-state index contributed by atoms with van der Waals surface area (Å²) in [6.45, 7) is 1.81. The van der Waals surface area contributed by atoms with Crippen LogP contribution in [-0.2, 0) is 14.3 Å². The summed E-state index contributed by atoms with van der Waals surface area (Å²) in [4.78, 5) is 11.5. The van der Waals surface area contributed by atoms with Crippen LogP contribution < -0.4 is 0 Å². The fraction of sp³-hybridized carbons (Fsp3) is 0.500. The molecule has 0 spiro atoms. The lowest BCUT2D eigenvalue weighted by atomic mass is 9.89. The van der Waals surface area contributed by atoms with Crippen LogP contribution in [0.5, 0.6) is 0 Å². The van der Waals surface area contributed by atoms with Gasteiger partial charge in [-0.1, -0.05) is 22.0 Å². The quantitative estimate of drug-likeness (QED) is 0.760. The smallest absolute Gasteiger partial charge is 0.191 e. The summed E-state index contributed by atoms with van der Waals surface area (Å²) < 4.78 is 11.0. The molecule has 15 heavy (non-hydrogen) atoms. The van der Waals surface area contributed by atoms with E-state index in [0.717, 1.165) is 0 Å². The maximum Gasteiger partial charge on any atom is 0.191 e. The van der Waals surface area contributed by atoms with Gasteiger partial charge in [0.05, 0.1) is 7.11 Å². The maximum absolute atomic E-state index is 11.5. The van der Waals surface area contributed by atoms with Gasteiger partial charge in [0.2, 0.25) is 0 Å². The molecule has 3 unspecified atom stereocenters. The number of methoxy groups -OCH3 is 1. The first-order valence-corrected chi connectivity index (χ1v) is 5.34. The summed E-state index contributed by atoms with van der Waals surface area (Å²) in [5, 5.41) is 10.0. The van der Waals surface area contributed by atoms with Gasteiger partial charge in [0, 0.05) is 10.6 Å². The van der Waals surface area contributed by atoms with Crippen LogP contribution >= 0.6 is 15.9 Å². The number of rotatable bonds is 2. The van der Waals surface area contributed by atoms with Crippen molar-refractivity contribution in [2.75, 3.05) is 7.11 Å². The Hall–Kier alpha value is -0.650. The van der Waals surface area contributed by atoms with Gasteiger partial charge in [0.25, 0.3) is 0 Å². The highest BCUT2D eigenvalue weighted by atomic mass is 79.9. The summed E-state index contributed by atoms with van der Waals surface area (Å²) >= 11 is 3.30. The number of aliphatic hydroxyl groups excluding tert-OH is 1. The Morgan fingerprint density at radius 2 is 2.47 bits per heavy atom. The minimum atomic E-state index is -0.952. The molecule has 0 aromatic heterocycles. The van der Waals surface area contributed by atoms with E-state index >= 15 is 0 Å². The maximum atomic E-state index is 11.5. The number of allylic oxidation sites excluding steroid dienone is 1. The van der Waals surface area contributed by atoms with Crippen LogP contribution in [-0.4, -0.2) is 35.8 Å². The van der Waals surface area contributed by atoms with Gasteiger partial charge in [-0.25, -0.2) is 0 Å². The van der Waals surface area contributed by atoms with E-state index in [1.807, 2.05) is 0 Å². The number of carbonyl (C=O) groups excluding carboxylic acids is 1. The van der Waals surface area contributed by atoms with Crippen molar-refractivity contribution >= 4 is 21.7 Å². The van der Waals surface area contributed by atoms with E-state index in [1.54, 1.807) is 13.0 Å². The first-order chi connectivity index (χ1) is 7.07. The molecule has 5 heteroatoms. The molecular formula is C10H11BrO4. The molecule has 3 atom stereocenters. The van der Waals surface area contributed by atoms with Crippen molar-refractivity contribution in [1.82, 2.24) is 0 Å². The first-order valence-electron chi connectivity index (χ1n) is 4.55. The van der Waals surface area contributed by atoms with Crippen LogP contribution in [0, 0.1) is 0 Å². The zero-order chi connectivity index (χ0) is 11.2. The van der Waals surface area contributed by atoms with Crippen LogP contribution in [0.25, 0.3) is 0 Å². The van der Waals surface area contributed by atoms with Gasteiger partial charge >= 0.3 is 0 Å². The summed E-state index contributed by atoms with van der Waals surface area (Å²) in [5.41, 5.74) is -0.952. The molecule has 0 aromatic rings. The highest BCUT2D eigenvalue weighted by Gasteiger charge is 2.69. The van der Waals surface area contributed by atoms with E-state index in [9.17, 15) is 9.90 Å². The average molecular weight is 275 g/mol. The molecule has 1 saturated heterocycles. The van der Waals surface area contributed by atoms with Gasteiger partial charge in [-0.15, -0.1) is 0 Å². The zero-order valence-electron chi connectivity index (χ0n) is 8.36. The standard InChI is InChI=1S/C10H11BrO4/c1-3-7(11)10-8(13)6(14-2)4-5(12)9(10)15-10/h3-4,8-9,13H,1-2H3/b7-3-. The molecule has 2 aliphatic rings. The van der Waals surface area contributed by atoms with Crippen molar-refractivity contribution in [1.29, 1.82) is 0 Å². The Balaban J connectivity index is 2.41. The Bertz CT molecular complexity index is 374. The summed E-state index contributed by atoms with van der Waals surface area (Å²) in [5.74, 6) is 0.0727. The van der Waals surface area contributed by atoms with Gasteiger partial charge in [-0.3, -0.25) is 4.79 Å². The number of carbonyl (C=O) groups is 1. The lowest BCUT2D eigenvalue weighted by Crippen LogP contribution is -2.40. The van der Waals surface area contributed by atoms with Crippen molar-refractivity contribution in [3.63, 3.8) is 0 Å². The average Bonchev–Trinajstić information content (AvgIpc) is 2.99. The van der Waals surface area contributed by atoms with E-state index in [2.05, 4.69) is 15.9 Å². The third-order valence-corrected chi connectivity index (χ3v) is 3.80. The number of ether oxygens (including phenoxy) is 2. The van der Waals surface area contributed by atoms with E-state index in [0.29, 0.717) is 4.48 Å².